The van der Waals surface area contributed by atoms with Gasteiger partial charge < -0.3 is 11.1 Å². The van der Waals surface area contributed by atoms with Gasteiger partial charge in [-0.2, -0.15) is 0 Å². The van der Waals surface area contributed by atoms with Gasteiger partial charge in [-0.15, -0.1) is 0 Å². The maximum absolute atomic E-state index is 5.94. The highest BCUT2D eigenvalue weighted by molar-refractivity contribution is 9.10. The van der Waals surface area contributed by atoms with Gasteiger partial charge in [-0.25, -0.2) is 0 Å². The summed E-state index contributed by atoms with van der Waals surface area (Å²) in [6, 6.07) is 14.2. The van der Waals surface area contributed by atoms with E-state index < -0.39 is 0 Å². The van der Waals surface area contributed by atoms with Crippen molar-refractivity contribution in [2.45, 2.75) is 13.5 Å². The third kappa shape index (κ3) is 3.01. The predicted octanol–water partition coefficient (Wildman–Crippen LogP) is 3.95. The molecule has 0 aromatic heterocycles. The lowest BCUT2D eigenvalue weighted by molar-refractivity contribution is 1.14. The van der Waals surface area contributed by atoms with Gasteiger partial charge in [0.15, 0.2) is 0 Å². The molecule has 0 atom stereocenters. The highest BCUT2D eigenvalue weighted by Gasteiger charge is 2.02. The van der Waals surface area contributed by atoms with Gasteiger partial charge in [0.2, 0.25) is 0 Å². The number of nitrogen functional groups attached to an aromatic ring is 1. The fourth-order valence-electron chi connectivity index (χ4n) is 1.77. The Morgan fingerprint density at radius 2 is 1.94 bits per heavy atom. The Kier molecular flexibility index (Phi) is 3.69. The largest absolute Gasteiger partial charge is 0.397 e. The van der Waals surface area contributed by atoms with Gasteiger partial charge in [-0.3, -0.25) is 0 Å². The van der Waals surface area contributed by atoms with Crippen molar-refractivity contribution >= 4 is 27.3 Å². The van der Waals surface area contributed by atoms with Crippen LogP contribution in [-0.2, 0) is 6.54 Å². The summed E-state index contributed by atoms with van der Waals surface area (Å²) in [5.41, 5.74) is 10.1. The number of aryl methyl sites for hydroxylation is 1. The van der Waals surface area contributed by atoms with Crippen molar-refractivity contribution in [3.05, 3.63) is 58.1 Å². The Morgan fingerprint density at radius 3 is 2.65 bits per heavy atom. The Labute approximate surface area is 110 Å². The van der Waals surface area contributed by atoms with Crippen molar-refractivity contribution in [3.8, 4) is 0 Å². The van der Waals surface area contributed by atoms with Crippen LogP contribution in [0.15, 0.2) is 46.9 Å². The molecule has 0 saturated heterocycles. The summed E-state index contributed by atoms with van der Waals surface area (Å²) >= 11 is 3.46. The first kappa shape index (κ1) is 12.0. The standard InChI is InChI=1S/C14H15BrN2/c1-10-4-2-7-13(16)14(10)17-9-11-5-3-6-12(15)8-11/h2-8,17H,9,16H2,1H3. The van der Waals surface area contributed by atoms with Crippen LogP contribution in [0.3, 0.4) is 0 Å². The van der Waals surface area contributed by atoms with Crippen LogP contribution in [0.25, 0.3) is 0 Å². The number of nitrogens with one attached hydrogen (secondary N) is 1. The summed E-state index contributed by atoms with van der Waals surface area (Å²) in [6.07, 6.45) is 0. The molecule has 0 aliphatic carbocycles. The minimum Gasteiger partial charge on any atom is -0.397 e. The topological polar surface area (TPSA) is 38.0 Å². The van der Waals surface area contributed by atoms with Gasteiger partial charge in [0.05, 0.1) is 11.4 Å². The normalized spacial score (nSPS) is 10.2. The van der Waals surface area contributed by atoms with Crippen molar-refractivity contribution < 1.29 is 0 Å². The first-order chi connectivity index (χ1) is 8.16. The number of nitrogens with two attached hydrogens (primary N) is 1. The van der Waals surface area contributed by atoms with Crippen LogP contribution in [0.4, 0.5) is 11.4 Å². The van der Waals surface area contributed by atoms with Gasteiger partial charge in [0.1, 0.15) is 0 Å². The van der Waals surface area contributed by atoms with Gasteiger partial charge in [-0.1, -0.05) is 40.2 Å². The third-order valence-electron chi connectivity index (χ3n) is 2.66. The third-order valence-corrected chi connectivity index (χ3v) is 3.16. The second kappa shape index (κ2) is 5.23. The number of benzene rings is 2. The van der Waals surface area contributed by atoms with Crippen molar-refractivity contribution in [1.82, 2.24) is 0 Å². The molecule has 2 aromatic carbocycles. The number of halogens is 1. The molecular formula is C14H15BrN2. The second-order valence-electron chi connectivity index (χ2n) is 4.02. The maximum atomic E-state index is 5.94. The van der Waals surface area contributed by atoms with Crippen LogP contribution in [0.5, 0.6) is 0 Å². The van der Waals surface area contributed by atoms with Crippen LogP contribution >= 0.6 is 15.9 Å². The van der Waals surface area contributed by atoms with Crippen molar-refractivity contribution in [1.29, 1.82) is 0 Å². The fraction of sp³-hybridized carbons (Fsp3) is 0.143. The van der Waals surface area contributed by atoms with Gasteiger partial charge in [-0.05, 0) is 36.2 Å². The lowest BCUT2D eigenvalue weighted by Crippen LogP contribution is -2.04. The smallest absolute Gasteiger partial charge is 0.0606 e. The molecule has 0 unspecified atom stereocenters. The molecule has 0 spiro atoms. The van der Waals surface area contributed by atoms with Crippen LogP contribution in [0.2, 0.25) is 0 Å². The zero-order valence-corrected chi connectivity index (χ0v) is 11.3. The number of rotatable bonds is 3. The second-order valence-corrected chi connectivity index (χ2v) is 4.94. The molecule has 3 N–H and O–H groups in total. The van der Waals surface area contributed by atoms with Crippen molar-refractivity contribution in [3.63, 3.8) is 0 Å². The quantitative estimate of drug-likeness (QED) is 0.840. The molecule has 0 radical (unpaired) electrons. The molecular weight excluding hydrogens is 276 g/mol. The van der Waals surface area contributed by atoms with Crippen LogP contribution in [-0.4, -0.2) is 0 Å². The zero-order valence-electron chi connectivity index (χ0n) is 9.70. The molecule has 0 saturated carbocycles. The summed E-state index contributed by atoms with van der Waals surface area (Å²) in [6.45, 7) is 2.83. The summed E-state index contributed by atoms with van der Waals surface area (Å²) in [5, 5.41) is 3.38. The molecule has 0 heterocycles. The molecule has 3 heteroatoms. The number of hydrogen-bond acceptors (Lipinski definition) is 2. The summed E-state index contributed by atoms with van der Waals surface area (Å²) in [5.74, 6) is 0. The summed E-state index contributed by atoms with van der Waals surface area (Å²) in [7, 11) is 0. The van der Waals surface area contributed by atoms with E-state index in [1.807, 2.05) is 24.3 Å². The maximum Gasteiger partial charge on any atom is 0.0606 e. The van der Waals surface area contributed by atoms with Crippen molar-refractivity contribution in [2.24, 2.45) is 0 Å². The van der Waals surface area contributed by atoms with Gasteiger partial charge >= 0.3 is 0 Å². The highest BCUT2D eigenvalue weighted by atomic mass is 79.9. The van der Waals surface area contributed by atoms with E-state index in [4.69, 9.17) is 5.73 Å². The molecule has 2 rings (SSSR count). The van der Waals surface area contributed by atoms with Crippen LogP contribution in [0.1, 0.15) is 11.1 Å². The molecule has 0 aliphatic heterocycles. The minimum atomic E-state index is 0.772. The van der Waals surface area contributed by atoms with E-state index in [0.29, 0.717) is 0 Å². The Morgan fingerprint density at radius 1 is 1.18 bits per heavy atom. The minimum absolute atomic E-state index is 0.772. The first-order valence-electron chi connectivity index (χ1n) is 5.50. The Hall–Kier alpha value is -1.48. The zero-order chi connectivity index (χ0) is 12.3. The molecule has 2 nitrogen and oxygen atoms in total. The lowest BCUT2D eigenvalue weighted by atomic mass is 10.1. The van der Waals surface area contributed by atoms with E-state index in [0.717, 1.165) is 22.4 Å². The summed E-state index contributed by atoms with van der Waals surface area (Å²) in [4.78, 5) is 0. The average Bonchev–Trinajstić information content (AvgIpc) is 2.28. The molecule has 0 amide bonds. The summed E-state index contributed by atoms with van der Waals surface area (Å²) < 4.78 is 1.09. The molecule has 2 aromatic rings. The van der Waals surface area contributed by atoms with E-state index in [1.165, 1.54) is 11.1 Å². The van der Waals surface area contributed by atoms with Gasteiger partial charge in [0.25, 0.3) is 0 Å². The molecule has 0 fully saturated rings. The molecule has 88 valence electrons. The monoisotopic (exact) mass is 290 g/mol. The first-order valence-corrected chi connectivity index (χ1v) is 6.29. The average molecular weight is 291 g/mol. The van der Waals surface area contributed by atoms with E-state index >= 15 is 0 Å². The van der Waals surface area contributed by atoms with Crippen LogP contribution < -0.4 is 11.1 Å². The van der Waals surface area contributed by atoms with E-state index in [9.17, 15) is 0 Å². The molecule has 0 aliphatic rings. The van der Waals surface area contributed by atoms with E-state index in [2.05, 4.69) is 46.4 Å². The van der Waals surface area contributed by atoms with Gasteiger partial charge in [0, 0.05) is 11.0 Å². The van der Waals surface area contributed by atoms with E-state index in [1.54, 1.807) is 0 Å². The number of para-hydroxylation sites is 1. The lowest BCUT2D eigenvalue weighted by Gasteiger charge is -2.12. The number of anilines is 2. The van der Waals surface area contributed by atoms with Crippen molar-refractivity contribution in [2.75, 3.05) is 11.1 Å². The highest BCUT2D eigenvalue weighted by Crippen LogP contribution is 2.23. The fourth-order valence-corrected chi connectivity index (χ4v) is 2.22. The number of hydrogen-bond donors (Lipinski definition) is 2. The molecule has 17 heavy (non-hydrogen) atoms. The Balaban J connectivity index is 2.13. The van der Waals surface area contributed by atoms with E-state index in [-0.39, 0.29) is 0 Å². The molecule has 0 bridgehead atoms. The van der Waals surface area contributed by atoms with Crippen LogP contribution in [0, 0.1) is 6.92 Å². The SMILES string of the molecule is Cc1cccc(N)c1NCc1cccc(Br)c1. The Bertz CT molecular complexity index is 503. The predicted molar refractivity (Wildman–Crippen MR) is 77.1 cm³/mol.